The van der Waals surface area contributed by atoms with Gasteiger partial charge in [0.15, 0.2) is 0 Å². The van der Waals surface area contributed by atoms with E-state index in [-0.39, 0.29) is 0 Å². The molecule has 0 aromatic rings. The van der Waals surface area contributed by atoms with Crippen molar-refractivity contribution in [3.8, 4) is 0 Å². The van der Waals surface area contributed by atoms with Crippen LogP contribution in [0.15, 0.2) is 62.4 Å². The van der Waals surface area contributed by atoms with Crippen LogP contribution in [0.2, 0.25) is 0 Å². The zero-order valence-electron chi connectivity index (χ0n) is 11.7. The average molecular weight is 247 g/mol. The van der Waals surface area contributed by atoms with Crippen LogP contribution in [0.5, 0.6) is 0 Å². The van der Waals surface area contributed by atoms with E-state index in [4.69, 9.17) is 0 Å². The van der Waals surface area contributed by atoms with Crippen molar-refractivity contribution < 1.29 is 0 Å². The summed E-state index contributed by atoms with van der Waals surface area (Å²) in [7, 11) is 0. The van der Waals surface area contributed by atoms with Crippen LogP contribution in [-0.4, -0.2) is 29.4 Å². The summed E-state index contributed by atoms with van der Waals surface area (Å²) in [4.78, 5) is 4.10. The second-order valence-electron chi connectivity index (χ2n) is 4.08. The van der Waals surface area contributed by atoms with Crippen LogP contribution in [0.25, 0.3) is 0 Å². The number of likely N-dealkylation sites (N-methyl/N-ethyl adjacent to an activating group) is 1. The third-order valence-corrected chi connectivity index (χ3v) is 2.43. The Morgan fingerprint density at radius 3 is 2.22 bits per heavy atom. The first-order valence-corrected chi connectivity index (χ1v) is 6.00. The predicted molar refractivity (Wildman–Crippen MR) is 80.6 cm³/mol. The van der Waals surface area contributed by atoms with Crippen molar-refractivity contribution in [2.24, 2.45) is 0 Å². The van der Waals surface area contributed by atoms with E-state index in [1.54, 1.807) is 6.20 Å². The quantitative estimate of drug-likeness (QED) is 0.599. The van der Waals surface area contributed by atoms with E-state index in [9.17, 15) is 0 Å². The zero-order valence-corrected chi connectivity index (χ0v) is 11.7. The van der Waals surface area contributed by atoms with Gasteiger partial charge in [0.25, 0.3) is 0 Å². The molecular formula is C15H25N3. The van der Waals surface area contributed by atoms with Crippen LogP contribution in [0, 0.1) is 0 Å². The average Bonchev–Trinajstić information content (AvgIpc) is 2.32. The summed E-state index contributed by atoms with van der Waals surface area (Å²) in [5.41, 5.74) is 1.04. The first-order chi connectivity index (χ1) is 8.47. The van der Waals surface area contributed by atoms with E-state index in [1.807, 2.05) is 17.9 Å². The second-order valence-corrected chi connectivity index (χ2v) is 4.08. The molecule has 0 amide bonds. The molecule has 0 heterocycles. The molecule has 100 valence electrons. The molecule has 18 heavy (non-hydrogen) atoms. The summed E-state index contributed by atoms with van der Waals surface area (Å²) < 4.78 is 0. The number of rotatable bonds is 10. The molecule has 3 heteroatoms. The van der Waals surface area contributed by atoms with Gasteiger partial charge in [0.2, 0.25) is 0 Å². The molecule has 0 bridgehead atoms. The summed E-state index contributed by atoms with van der Waals surface area (Å²) in [6.07, 6.45) is 3.46. The highest BCUT2D eigenvalue weighted by atomic mass is 15.4. The monoisotopic (exact) mass is 247 g/mol. The van der Waals surface area contributed by atoms with Gasteiger partial charge in [0.1, 0.15) is 11.6 Å². The lowest BCUT2D eigenvalue weighted by Gasteiger charge is -2.35. The van der Waals surface area contributed by atoms with Crippen molar-refractivity contribution in [2.75, 3.05) is 19.6 Å². The van der Waals surface area contributed by atoms with Gasteiger partial charge in [-0.1, -0.05) is 38.0 Å². The number of hydrogen-bond acceptors (Lipinski definition) is 3. The van der Waals surface area contributed by atoms with E-state index in [0.29, 0.717) is 6.54 Å². The molecule has 0 rings (SSSR count). The Balaban J connectivity index is 4.97. The van der Waals surface area contributed by atoms with Gasteiger partial charge in [0, 0.05) is 19.6 Å². The summed E-state index contributed by atoms with van der Waals surface area (Å²) in [6, 6.07) is 0. The highest BCUT2D eigenvalue weighted by Gasteiger charge is 2.15. The zero-order chi connectivity index (χ0) is 14.1. The van der Waals surface area contributed by atoms with Crippen molar-refractivity contribution in [3.05, 3.63) is 62.4 Å². The smallest absolute Gasteiger partial charge is 0.104 e. The van der Waals surface area contributed by atoms with Gasteiger partial charge >= 0.3 is 0 Å². The van der Waals surface area contributed by atoms with E-state index >= 15 is 0 Å². The van der Waals surface area contributed by atoms with Gasteiger partial charge in [-0.25, -0.2) is 0 Å². The number of hydrogen-bond donors (Lipinski definition) is 1. The standard InChI is InChI=1S/C15H25N3/c1-8-11-17(10-3)15(7)18(12-13(4)5)14(6)16-9-2/h8-9,16H,1-2,4,6-7,10-12H2,3,5H3. The largest absolute Gasteiger partial charge is 0.355 e. The second kappa shape index (κ2) is 8.23. The van der Waals surface area contributed by atoms with Crippen molar-refractivity contribution in [1.82, 2.24) is 15.1 Å². The third-order valence-electron chi connectivity index (χ3n) is 2.43. The summed E-state index contributed by atoms with van der Waals surface area (Å²) >= 11 is 0. The van der Waals surface area contributed by atoms with Crippen LogP contribution in [-0.2, 0) is 0 Å². The molecule has 0 spiro atoms. The Bertz CT molecular complexity index is 342. The summed E-state index contributed by atoms with van der Waals surface area (Å²) in [6.45, 7) is 25.8. The van der Waals surface area contributed by atoms with E-state index in [0.717, 1.165) is 30.3 Å². The van der Waals surface area contributed by atoms with Crippen LogP contribution in [0.1, 0.15) is 13.8 Å². The van der Waals surface area contributed by atoms with Crippen molar-refractivity contribution in [2.45, 2.75) is 13.8 Å². The normalized spacial score (nSPS) is 9.22. The van der Waals surface area contributed by atoms with Crippen LogP contribution >= 0.6 is 0 Å². The maximum Gasteiger partial charge on any atom is 0.104 e. The minimum absolute atomic E-state index is 0.673. The van der Waals surface area contributed by atoms with Gasteiger partial charge in [0.05, 0.1) is 0 Å². The lowest BCUT2D eigenvalue weighted by atomic mass is 10.3. The Kier molecular flexibility index (Phi) is 7.36. The lowest BCUT2D eigenvalue weighted by molar-refractivity contribution is 0.272. The fourth-order valence-electron chi connectivity index (χ4n) is 1.55. The first kappa shape index (κ1) is 16.1. The predicted octanol–water partition coefficient (Wildman–Crippen LogP) is 3.05. The van der Waals surface area contributed by atoms with Gasteiger partial charge in [-0.2, -0.15) is 0 Å². The molecule has 0 aromatic carbocycles. The van der Waals surface area contributed by atoms with Crippen LogP contribution in [0.3, 0.4) is 0 Å². The SMILES string of the molecule is C=CCN(CC)C(=C)N(CC(=C)C)C(=C)NC=C. The van der Waals surface area contributed by atoms with E-state index < -0.39 is 0 Å². The molecule has 0 radical (unpaired) electrons. The minimum atomic E-state index is 0.673. The number of nitrogens with zero attached hydrogens (tertiary/aromatic N) is 2. The topological polar surface area (TPSA) is 18.5 Å². The summed E-state index contributed by atoms with van der Waals surface area (Å²) in [5, 5.41) is 2.99. The van der Waals surface area contributed by atoms with Crippen LogP contribution in [0.4, 0.5) is 0 Å². The fraction of sp³-hybridized carbons (Fsp3) is 0.333. The molecule has 0 aliphatic carbocycles. The molecule has 0 aliphatic heterocycles. The van der Waals surface area contributed by atoms with Crippen molar-refractivity contribution >= 4 is 0 Å². The lowest BCUT2D eigenvalue weighted by Crippen LogP contribution is -2.38. The first-order valence-electron chi connectivity index (χ1n) is 6.00. The molecule has 0 fully saturated rings. The molecule has 0 aromatic heterocycles. The van der Waals surface area contributed by atoms with E-state index in [1.165, 1.54) is 0 Å². The minimum Gasteiger partial charge on any atom is -0.355 e. The van der Waals surface area contributed by atoms with Gasteiger partial charge < -0.3 is 15.1 Å². The highest BCUT2D eigenvalue weighted by Crippen LogP contribution is 2.14. The Hall–Kier alpha value is -1.90. The Morgan fingerprint density at radius 2 is 1.83 bits per heavy atom. The number of nitrogens with one attached hydrogen (secondary N) is 1. The van der Waals surface area contributed by atoms with Gasteiger partial charge in [-0.05, 0) is 20.0 Å². The van der Waals surface area contributed by atoms with Gasteiger partial charge in [-0.3, -0.25) is 0 Å². The Labute approximate surface area is 111 Å². The summed E-state index contributed by atoms with van der Waals surface area (Å²) in [5.74, 6) is 1.61. The van der Waals surface area contributed by atoms with E-state index in [2.05, 4.69) is 50.0 Å². The maximum absolute atomic E-state index is 4.13. The third kappa shape index (κ3) is 4.95. The molecule has 0 saturated carbocycles. The molecule has 3 nitrogen and oxygen atoms in total. The molecule has 0 saturated heterocycles. The maximum atomic E-state index is 4.13. The Morgan fingerprint density at radius 1 is 1.22 bits per heavy atom. The molecule has 0 aliphatic rings. The van der Waals surface area contributed by atoms with Crippen molar-refractivity contribution in [1.29, 1.82) is 0 Å². The molecule has 0 unspecified atom stereocenters. The molecular weight excluding hydrogens is 222 g/mol. The fourth-order valence-corrected chi connectivity index (χ4v) is 1.55. The molecule has 0 atom stereocenters. The van der Waals surface area contributed by atoms with Crippen LogP contribution < -0.4 is 5.32 Å². The van der Waals surface area contributed by atoms with Crippen molar-refractivity contribution in [3.63, 3.8) is 0 Å². The molecule has 1 N–H and O–H groups in total. The van der Waals surface area contributed by atoms with Gasteiger partial charge in [-0.15, -0.1) is 6.58 Å². The highest BCUT2D eigenvalue weighted by molar-refractivity contribution is 5.12.